The summed E-state index contributed by atoms with van der Waals surface area (Å²) in [5, 5.41) is 11.0. The van der Waals surface area contributed by atoms with E-state index in [4.69, 9.17) is 11.6 Å². The average Bonchev–Trinajstić information content (AvgIpc) is 2.53. The fraction of sp³-hybridized carbons (Fsp3) is 0.353. The summed E-state index contributed by atoms with van der Waals surface area (Å²) in [7, 11) is 0. The summed E-state index contributed by atoms with van der Waals surface area (Å²) in [5.41, 5.74) is 3.09. The van der Waals surface area contributed by atoms with Gasteiger partial charge in [0.05, 0.1) is 4.92 Å². The summed E-state index contributed by atoms with van der Waals surface area (Å²) in [6, 6.07) is 9.07. The van der Waals surface area contributed by atoms with Crippen molar-refractivity contribution in [3.05, 3.63) is 56.7 Å². The molecule has 0 saturated carbocycles. The molecule has 126 valence electrons. The highest BCUT2D eigenvalue weighted by Crippen LogP contribution is 2.30. The Kier molecular flexibility index (Phi) is 4.57. The number of benzene rings is 1. The van der Waals surface area contributed by atoms with Crippen molar-refractivity contribution in [1.82, 2.24) is 4.98 Å². The molecule has 0 radical (unpaired) electrons. The lowest BCUT2D eigenvalue weighted by Gasteiger charge is -2.37. The molecule has 1 aromatic carbocycles. The molecule has 1 fully saturated rings. The summed E-state index contributed by atoms with van der Waals surface area (Å²) in [6.45, 7) is 7.43. The number of anilines is 2. The number of nitrogens with zero attached hydrogens (tertiary/aromatic N) is 4. The van der Waals surface area contributed by atoms with Crippen molar-refractivity contribution < 1.29 is 4.92 Å². The van der Waals surface area contributed by atoms with E-state index in [0.29, 0.717) is 0 Å². The minimum absolute atomic E-state index is 0.0570. The molecule has 0 atom stereocenters. The highest BCUT2D eigenvalue weighted by atomic mass is 35.5. The first kappa shape index (κ1) is 16.5. The first-order chi connectivity index (χ1) is 11.4. The molecular weight excluding hydrogens is 328 g/mol. The summed E-state index contributed by atoms with van der Waals surface area (Å²) >= 11 is 6.01. The molecule has 0 bridgehead atoms. The van der Waals surface area contributed by atoms with E-state index in [0.717, 1.165) is 43.4 Å². The third-order valence-corrected chi connectivity index (χ3v) is 4.48. The lowest BCUT2D eigenvalue weighted by molar-refractivity contribution is -0.384. The van der Waals surface area contributed by atoms with Crippen LogP contribution in [0.1, 0.15) is 11.3 Å². The Morgan fingerprint density at radius 3 is 2.33 bits per heavy atom. The number of rotatable bonds is 3. The summed E-state index contributed by atoms with van der Waals surface area (Å²) in [4.78, 5) is 19.5. The lowest BCUT2D eigenvalue weighted by Crippen LogP contribution is -2.46. The zero-order valence-corrected chi connectivity index (χ0v) is 14.5. The van der Waals surface area contributed by atoms with Crippen LogP contribution in [0, 0.1) is 24.0 Å². The number of nitro benzene ring substituents is 1. The van der Waals surface area contributed by atoms with Crippen molar-refractivity contribution in [2.75, 3.05) is 36.0 Å². The maximum Gasteiger partial charge on any atom is 0.288 e. The fourth-order valence-corrected chi connectivity index (χ4v) is 3.26. The molecule has 0 N–H and O–H groups in total. The zero-order chi connectivity index (χ0) is 17.3. The molecule has 0 amide bonds. The SMILES string of the molecule is Cc1cc(C)nc(N2CCN(c3ccc([N+](=O)[O-])c(Cl)c3)CC2)c1. The van der Waals surface area contributed by atoms with E-state index < -0.39 is 4.92 Å². The van der Waals surface area contributed by atoms with Crippen LogP contribution >= 0.6 is 11.6 Å². The van der Waals surface area contributed by atoms with Gasteiger partial charge in [-0.2, -0.15) is 0 Å². The largest absolute Gasteiger partial charge is 0.368 e. The van der Waals surface area contributed by atoms with Gasteiger partial charge in [-0.3, -0.25) is 10.1 Å². The van der Waals surface area contributed by atoms with Crippen molar-refractivity contribution in [2.24, 2.45) is 0 Å². The maximum atomic E-state index is 10.9. The minimum atomic E-state index is -0.463. The molecule has 6 nitrogen and oxygen atoms in total. The maximum absolute atomic E-state index is 10.9. The van der Waals surface area contributed by atoms with Gasteiger partial charge in [-0.25, -0.2) is 4.98 Å². The molecular formula is C17H19ClN4O2. The molecule has 0 spiro atoms. The van der Waals surface area contributed by atoms with E-state index in [-0.39, 0.29) is 10.7 Å². The van der Waals surface area contributed by atoms with E-state index >= 15 is 0 Å². The Morgan fingerprint density at radius 2 is 1.75 bits per heavy atom. The van der Waals surface area contributed by atoms with Gasteiger partial charge in [0, 0.05) is 43.6 Å². The van der Waals surface area contributed by atoms with Gasteiger partial charge in [0.15, 0.2) is 0 Å². The van der Waals surface area contributed by atoms with Crippen molar-refractivity contribution in [2.45, 2.75) is 13.8 Å². The Labute approximate surface area is 145 Å². The van der Waals surface area contributed by atoms with Crippen molar-refractivity contribution in [3.8, 4) is 0 Å². The summed E-state index contributed by atoms with van der Waals surface area (Å²) < 4.78 is 0. The number of aryl methyl sites for hydroxylation is 2. The van der Waals surface area contributed by atoms with Gasteiger partial charge in [0.1, 0.15) is 10.8 Å². The van der Waals surface area contributed by atoms with E-state index in [9.17, 15) is 10.1 Å². The lowest BCUT2D eigenvalue weighted by atomic mass is 10.2. The van der Waals surface area contributed by atoms with E-state index in [1.807, 2.05) is 6.92 Å². The number of halogens is 1. The quantitative estimate of drug-likeness (QED) is 0.627. The van der Waals surface area contributed by atoms with Crippen LogP contribution in [0.25, 0.3) is 0 Å². The first-order valence-corrected chi connectivity index (χ1v) is 8.21. The summed E-state index contributed by atoms with van der Waals surface area (Å²) in [6.07, 6.45) is 0. The van der Waals surface area contributed by atoms with E-state index in [1.54, 1.807) is 12.1 Å². The van der Waals surface area contributed by atoms with Gasteiger partial charge < -0.3 is 9.80 Å². The number of hydrogen-bond donors (Lipinski definition) is 0. The Hall–Kier alpha value is -2.34. The minimum Gasteiger partial charge on any atom is -0.368 e. The molecule has 3 rings (SSSR count). The molecule has 1 saturated heterocycles. The molecule has 24 heavy (non-hydrogen) atoms. The molecule has 2 heterocycles. The van der Waals surface area contributed by atoms with Crippen molar-refractivity contribution in [3.63, 3.8) is 0 Å². The molecule has 1 aromatic heterocycles. The smallest absolute Gasteiger partial charge is 0.288 e. The van der Waals surface area contributed by atoms with Gasteiger partial charge in [-0.15, -0.1) is 0 Å². The van der Waals surface area contributed by atoms with Crippen LogP contribution in [0.4, 0.5) is 17.2 Å². The summed E-state index contributed by atoms with van der Waals surface area (Å²) in [5.74, 6) is 1.01. The molecule has 7 heteroatoms. The second-order valence-corrected chi connectivity index (χ2v) is 6.42. The standard InChI is InChI=1S/C17H19ClN4O2/c1-12-9-13(2)19-17(10-12)21-7-5-20(6-8-21)14-3-4-16(22(23)24)15(18)11-14/h3-4,9-11H,5-8H2,1-2H3. The second-order valence-electron chi connectivity index (χ2n) is 6.01. The zero-order valence-electron chi connectivity index (χ0n) is 13.7. The van der Waals surface area contributed by atoms with E-state index in [1.165, 1.54) is 11.6 Å². The van der Waals surface area contributed by atoms with Crippen LogP contribution in [-0.2, 0) is 0 Å². The van der Waals surface area contributed by atoms with Crippen LogP contribution in [-0.4, -0.2) is 36.1 Å². The Bertz CT molecular complexity index is 753. The molecule has 0 aliphatic carbocycles. The van der Waals surface area contributed by atoms with Gasteiger partial charge in [0.2, 0.25) is 0 Å². The Balaban J connectivity index is 1.71. The molecule has 1 aliphatic rings. The number of pyridine rings is 1. The number of aromatic nitrogens is 1. The van der Waals surface area contributed by atoms with Gasteiger partial charge in [-0.1, -0.05) is 11.6 Å². The molecule has 0 unspecified atom stereocenters. The van der Waals surface area contributed by atoms with Gasteiger partial charge in [0.25, 0.3) is 5.69 Å². The second kappa shape index (κ2) is 6.65. The highest BCUT2D eigenvalue weighted by molar-refractivity contribution is 6.32. The molecule has 1 aliphatic heterocycles. The normalized spacial score (nSPS) is 14.8. The third kappa shape index (κ3) is 3.43. The van der Waals surface area contributed by atoms with E-state index in [2.05, 4.69) is 33.8 Å². The Morgan fingerprint density at radius 1 is 1.08 bits per heavy atom. The number of nitro groups is 1. The predicted octanol–water partition coefficient (Wildman–Crippen LogP) is 3.59. The monoisotopic (exact) mass is 346 g/mol. The van der Waals surface area contributed by atoms with Gasteiger partial charge in [-0.05, 0) is 43.7 Å². The average molecular weight is 347 g/mol. The van der Waals surface area contributed by atoms with Crippen molar-refractivity contribution >= 4 is 28.8 Å². The van der Waals surface area contributed by atoms with Crippen LogP contribution in [0.3, 0.4) is 0 Å². The van der Waals surface area contributed by atoms with Crippen LogP contribution in [0.5, 0.6) is 0 Å². The number of hydrogen-bond acceptors (Lipinski definition) is 5. The first-order valence-electron chi connectivity index (χ1n) is 7.83. The van der Waals surface area contributed by atoms with Crippen LogP contribution in [0.2, 0.25) is 5.02 Å². The molecule has 2 aromatic rings. The van der Waals surface area contributed by atoms with Crippen LogP contribution in [0.15, 0.2) is 30.3 Å². The topological polar surface area (TPSA) is 62.5 Å². The number of piperazine rings is 1. The van der Waals surface area contributed by atoms with Crippen LogP contribution < -0.4 is 9.80 Å². The third-order valence-electron chi connectivity index (χ3n) is 4.18. The highest BCUT2D eigenvalue weighted by Gasteiger charge is 2.20. The van der Waals surface area contributed by atoms with Crippen molar-refractivity contribution in [1.29, 1.82) is 0 Å². The predicted molar refractivity (Wildman–Crippen MR) is 96.2 cm³/mol. The van der Waals surface area contributed by atoms with Gasteiger partial charge >= 0.3 is 0 Å². The fourth-order valence-electron chi connectivity index (χ4n) is 3.02.